The molecule has 0 radical (unpaired) electrons. The molecule has 0 saturated heterocycles. The molecule has 12 heteroatoms. The van der Waals surface area contributed by atoms with E-state index in [1.807, 2.05) is 0 Å². The van der Waals surface area contributed by atoms with Crippen LogP contribution < -0.4 is 5.32 Å². The van der Waals surface area contributed by atoms with Crippen LogP contribution in [-0.2, 0) is 16.1 Å². The minimum absolute atomic E-state index is 0.0287. The summed E-state index contributed by atoms with van der Waals surface area (Å²) < 4.78 is 44.8. The molecule has 3 rings (SSSR count). The van der Waals surface area contributed by atoms with Crippen LogP contribution in [0.2, 0.25) is 0 Å². The summed E-state index contributed by atoms with van der Waals surface area (Å²) in [5.74, 6) is -1.13. The van der Waals surface area contributed by atoms with Gasteiger partial charge in [0, 0.05) is 23.6 Å². The van der Waals surface area contributed by atoms with Crippen molar-refractivity contribution in [3.8, 4) is 11.4 Å². The lowest BCUT2D eigenvalue weighted by molar-refractivity contribution is -0.141. The number of carbonyl (C=O) groups excluding carboxylic acids is 2. The third-order valence-corrected chi connectivity index (χ3v) is 4.88. The van der Waals surface area contributed by atoms with Gasteiger partial charge >= 0.3 is 12.1 Å². The molecule has 0 fully saturated rings. The zero-order valence-corrected chi connectivity index (χ0v) is 16.9. The first-order valence-corrected chi connectivity index (χ1v) is 9.77. The zero-order valence-electron chi connectivity index (χ0n) is 16.1. The number of pyridine rings is 1. The second kappa shape index (κ2) is 9.60. The van der Waals surface area contributed by atoms with Crippen LogP contribution in [0.15, 0.2) is 53.9 Å². The Bertz CT molecular complexity index is 1060. The number of esters is 1. The van der Waals surface area contributed by atoms with Crippen LogP contribution in [0, 0.1) is 0 Å². The molecule has 1 aromatic carbocycles. The maximum absolute atomic E-state index is 13.1. The Kier molecular flexibility index (Phi) is 6.90. The molecule has 0 aliphatic rings. The summed E-state index contributed by atoms with van der Waals surface area (Å²) in [4.78, 5) is 27.5. The fourth-order valence-corrected chi connectivity index (χ4v) is 3.30. The molecule has 1 amide bonds. The van der Waals surface area contributed by atoms with Crippen molar-refractivity contribution in [1.29, 1.82) is 0 Å². The number of amides is 1. The fraction of sp³-hybridized carbons (Fsp3) is 0.211. The number of nitrogens with zero attached hydrogens (tertiary/aromatic N) is 4. The third kappa shape index (κ3) is 6.04. The van der Waals surface area contributed by atoms with Crippen LogP contribution in [0.4, 0.5) is 18.9 Å². The van der Waals surface area contributed by atoms with Gasteiger partial charge in [0.05, 0.1) is 18.4 Å². The van der Waals surface area contributed by atoms with Crippen molar-refractivity contribution in [2.75, 3.05) is 18.2 Å². The first-order valence-electron chi connectivity index (χ1n) is 8.78. The van der Waals surface area contributed by atoms with Gasteiger partial charge in [0.15, 0.2) is 11.0 Å². The maximum atomic E-state index is 13.1. The molecule has 162 valence electrons. The van der Waals surface area contributed by atoms with Gasteiger partial charge in [-0.3, -0.25) is 14.3 Å². The Morgan fingerprint density at radius 2 is 1.77 bits per heavy atom. The number of methoxy groups -OCH3 is 1. The number of benzene rings is 1. The summed E-state index contributed by atoms with van der Waals surface area (Å²) in [6.07, 6.45) is -1.62. The molecule has 0 atom stereocenters. The number of rotatable bonds is 7. The summed E-state index contributed by atoms with van der Waals surface area (Å²) in [6.45, 7) is -1.30. The van der Waals surface area contributed by atoms with Crippen molar-refractivity contribution >= 4 is 29.3 Å². The summed E-state index contributed by atoms with van der Waals surface area (Å²) >= 11 is 0.830. The maximum Gasteiger partial charge on any atom is 0.406 e. The summed E-state index contributed by atoms with van der Waals surface area (Å²) in [5, 5.41) is 10.2. The molecular formula is C19H16F3N5O3S. The average Bonchev–Trinajstić information content (AvgIpc) is 3.13. The largest absolute Gasteiger partial charge is 0.465 e. The van der Waals surface area contributed by atoms with Gasteiger partial charge in [0.25, 0.3) is 0 Å². The van der Waals surface area contributed by atoms with Crippen molar-refractivity contribution in [3.05, 3.63) is 54.4 Å². The van der Waals surface area contributed by atoms with Gasteiger partial charge < -0.3 is 10.1 Å². The number of hydrogen-bond acceptors (Lipinski definition) is 7. The number of halogens is 3. The van der Waals surface area contributed by atoms with E-state index in [4.69, 9.17) is 0 Å². The van der Waals surface area contributed by atoms with E-state index in [0.29, 0.717) is 16.8 Å². The Hall–Kier alpha value is -3.41. The number of nitrogens with one attached hydrogen (secondary N) is 1. The summed E-state index contributed by atoms with van der Waals surface area (Å²) in [7, 11) is 1.26. The molecule has 2 aromatic heterocycles. The topological polar surface area (TPSA) is 99.0 Å². The van der Waals surface area contributed by atoms with Gasteiger partial charge in [-0.25, -0.2) is 4.79 Å². The second-order valence-electron chi connectivity index (χ2n) is 6.15. The monoisotopic (exact) mass is 451 g/mol. The number of ether oxygens (including phenoxy) is 1. The van der Waals surface area contributed by atoms with Gasteiger partial charge in [-0.2, -0.15) is 13.2 Å². The van der Waals surface area contributed by atoms with Gasteiger partial charge in [0.1, 0.15) is 6.54 Å². The van der Waals surface area contributed by atoms with Crippen LogP contribution in [0.3, 0.4) is 0 Å². The minimum Gasteiger partial charge on any atom is -0.465 e. The lowest BCUT2D eigenvalue weighted by Gasteiger charge is -2.12. The van der Waals surface area contributed by atoms with Crippen LogP contribution in [0.25, 0.3) is 11.4 Å². The molecule has 0 aliphatic carbocycles. The molecule has 2 heterocycles. The van der Waals surface area contributed by atoms with E-state index in [-0.39, 0.29) is 16.7 Å². The van der Waals surface area contributed by atoms with Crippen molar-refractivity contribution in [3.63, 3.8) is 0 Å². The predicted molar refractivity (Wildman–Crippen MR) is 106 cm³/mol. The van der Waals surface area contributed by atoms with E-state index in [0.717, 1.165) is 16.3 Å². The Morgan fingerprint density at radius 3 is 2.39 bits per heavy atom. The molecule has 3 aromatic rings. The fourth-order valence-electron chi connectivity index (χ4n) is 2.57. The Morgan fingerprint density at radius 1 is 1.10 bits per heavy atom. The van der Waals surface area contributed by atoms with Crippen LogP contribution in [0.1, 0.15) is 10.4 Å². The quantitative estimate of drug-likeness (QED) is 0.434. The highest BCUT2D eigenvalue weighted by Crippen LogP contribution is 2.28. The summed E-state index contributed by atoms with van der Waals surface area (Å²) in [5.41, 5.74) is 1.17. The van der Waals surface area contributed by atoms with Crippen molar-refractivity contribution < 1.29 is 27.5 Å². The van der Waals surface area contributed by atoms with E-state index < -0.39 is 24.6 Å². The van der Waals surface area contributed by atoms with Crippen molar-refractivity contribution in [2.24, 2.45) is 0 Å². The van der Waals surface area contributed by atoms with Crippen molar-refractivity contribution in [2.45, 2.75) is 17.9 Å². The van der Waals surface area contributed by atoms with Gasteiger partial charge in [-0.1, -0.05) is 11.8 Å². The molecule has 1 N–H and O–H groups in total. The number of aromatic nitrogens is 4. The van der Waals surface area contributed by atoms with Crippen LogP contribution >= 0.6 is 11.8 Å². The van der Waals surface area contributed by atoms with Crippen LogP contribution in [-0.4, -0.2) is 50.7 Å². The first-order chi connectivity index (χ1) is 14.8. The van der Waals surface area contributed by atoms with Gasteiger partial charge in [0.2, 0.25) is 5.91 Å². The highest BCUT2D eigenvalue weighted by Gasteiger charge is 2.31. The zero-order chi connectivity index (χ0) is 22.4. The van der Waals surface area contributed by atoms with E-state index in [1.165, 1.54) is 55.9 Å². The standard InChI is InChI=1S/C19H16F3N5O3S/c1-30-17(29)13-2-4-14(5-3-13)24-15(28)10-31-18-26-25-16(12-6-8-23-9-7-12)27(18)11-19(20,21)22/h2-9H,10-11H2,1H3,(H,24,28). The molecule has 0 bridgehead atoms. The molecule has 0 saturated carbocycles. The number of carbonyl (C=O) groups is 2. The SMILES string of the molecule is COC(=O)c1ccc(NC(=O)CSc2nnc(-c3ccncc3)n2CC(F)(F)F)cc1. The smallest absolute Gasteiger partial charge is 0.406 e. The Balaban J connectivity index is 1.70. The second-order valence-corrected chi connectivity index (χ2v) is 7.09. The van der Waals surface area contributed by atoms with E-state index in [2.05, 4.69) is 25.2 Å². The number of anilines is 1. The van der Waals surface area contributed by atoms with E-state index in [1.54, 1.807) is 0 Å². The van der Waals surface area contributed by atoms with Crippen molar-refractivity contribution in [1.82, 2.24) is 19.7 Å². The highest BCUT2D eigenvalue weighted by atomic mass is 32.2. The highest BCUT2D eigenvalue weighted by molar-refractivity contribution is 7.99. The predicted octanol–water partition coefficient (Wildman–Crippen LogP) is 3.42. The average molecular weight is 451 g/mol. The first kappa shape index (κ1) is 22.3. The van der Waals surface area contributed by atoms with Gasteiger partial charge in [-0.15, -0.1) is 10.2 Å². The van der Waals surface area contributed by atoms with Crippen LogP contribution in [0.5, 0.6) is 0 Å². The molecule has 8 nitrogen and oxygen atoms in total. The molecule has 0 spiro atoms. The Labute approximate surface area is 178 Å². The molecule has 31 heavy (non-hydrogen) atoms. The summed E-state index contributed by atoms with van der Waals surface area (Å²) in [6, 6.07) is 9.04. The lowest BCUT2D eigenvalue weighted by atomic mass is 10.2. The van der Waals surface area contributed by atoms with E-state index >= 15 is 0 Å². The third-order valence-electron chi connectivity index (χ3n) is 3.91. The molecular weight excluding hydrogens is 435 g/mol. The number of alkyl halides is 3. The van der Waals surface area contributed by atoms with Gasteiger partial charge in [-0.05, 0) is 36.4 Å². The number of thioether (sulfide) groups is 1. The minimum atomic E-state index is -4.50. The molecule has 0 unspecified atom stereocenters. The molecule has 0 aliphatic heterocycles. The van der Waals surface area contributed by atoms with E-state index in [9.17, 15) is 22.8 Å². The lowest BCUT2D eigenvalue weighted by Crippen LogP contribution is -2.20. The normalized spacial score (nSPS) is 11.2. The number of hydrogen-bond donors (Lipinski definition) is 1.